The normalized spacial score (nSPS) is 25.6. The van der Waals surface area contributed by atoms with E-state index in [4.69, 9.17) is 36.8 Å². The minimum absolute atomic E-state index is 0.00864. The van der Waals surface area contributed by atoms with E-state index in [-0.39, 0.29) is 28.6 Å². The summed E-state index contributed by atoms with van der Waals surface area (Å²) in [7, 11) is -16.6. The molecule has 17 nitrogen and oxygen atoms in total. The lowest BCUT2D eigenvalue weighted by molar-refractivity contribution is -0.0420. The SMILES string of the molecule is Nc1nc2c(cc(Cl)n2C2C[C@H](O)[C@@H](COP(=O)(O)OP(=O)(O)OP(=O)(O)O)O2)c(=O)[nH]1. The number of nitrogens with one attached hydrogen (secondary N) is 1. The first kappa shape index (κ1) is 25.5. The van der Waals surface area contributed by atoms with Gasteiger partial charge < -0.3 is 35.2 Å². The second-order valence-electron chi connectivity index (χ2n) is 6.34. The molecule has 0 aromatic carbocycles. The summed E-state index contributed by atoms with van der Waals surface area (Å²) in [6.07, 6.45) is -3.75. The molecule has 0 aliphatic carbocycles. The maximum atomic E-state index is 12.0. The molecule has 8 N–H and O–H groups in total. The Morgan fingerprint density at radius 3 is 2.53 bits per heavy atom. The average molecular weight is 541 g/mol. The Kier molecular flexibility index (Phi) is 7.07. The van der Waals surface area contributed by atoms with Crippen LogP contribution < -0.4 is 11.3 Å². The third kappa shape index (κ3) is 6.04. The Morgan fingerprint density at radius 2 is 1.91 bits per heavy atom. The van der Waals surface area contributed by atoms with Crippen LogP contribution in [0.25, 0.3) is 11.0 Å². The molecule has 1 aliphatic heterocycles. The van der Waals surface area contributed by atoms with Crippen molar-refractivity contribution in [1.29, 1.82) is 0 Å². The van der Waals surface area contributed by atoms with Gasteiger partial charge >= 0.3 is 23.5 Å². The van der Waals surface area contributed by atoms with Gasteiger partial charge in [0.05, 0.1) is 18.1 Å². The topological polar surface area (TPSA) is 266 Å². The summed E-state index contributed by atoms with van der Waals surface area (Å²) in [4.78, 5) is 53.9. The number of rotatable bonds is 8. The molecule has 1 aliphatic rings. The Bertz CT molecular complexity index is 1230. The average Bonchev–Trinajstić information content (AvgIpc) is 3.09. The summed E-state index contributed by atoms with van der Waals surface area (Å²) in [5.41, 5.74) is 5.00. The zero-order valence-corrected chi connectivity index (χ0v) is 18.9. The number of H-pyrrole nitrogens is 1. The number of nitrogens with two attached hydrogens (primary N) is 1. The van der Waals surface area contributed by atoms with E-state index >= 15 is 0 Å². The summed E-state index contributed by atoms with van der Waals surface area (Å²) in [5.74, 6) is -0.207. The van der Waals surface area contributed by atoms with Gasteiger partial charge in [0, 0.05) is 6.42 Å². The maximum absolute atomic E-state index is 12.0. The zero-order valence-electron chi connectivity index (χ0n) is 15.4. The van der Waals surface area contributed by atoms with Gasteiger partial charge in [0.1, 0.15) is 17.5 Å². The van der Waals surface area contributed by atoms with Crippen molar-refractivity contribution in [3.8, 4) is 0 Å². The Hall–Kier alpha value is -1.16. The standard InChI is InChI=1S/C11H16ClN4O13P3/c12-7-1-4-9(14-11(13)15-10(4)18)16(7)8-2-5(17)6(27-8)3-26-31(22,23)29-32(24,25)28-30(19,20)21/h1,5-6,8,17H,2-3H2,(H,22,23)(H,24,25)(H2,19,20,21)(H3,13,14,15,18)/t5-,6+,8?/m0/s1. The minimum atomic E-state index is -5.69. The molecule has 0 amide bonds. The van der Waals surface area contributed by atoms with E-state index in [0.717, 1.165) is 0 Å². The van der Waals surface area contributed by atoms with Crippen LogP contribution in [-0.4, -0.2) is 58.0 Å². The molecule has 3 heterocycles. The fraction of sp³-hybridized carbons (Fsp3) is 0.455. The quantitative estimate of drug-likeness (QED) is 0.216. The number of ether oxygens (including phenoxy) is 1. The van der Waals surface area contributed by atoms with Gasteiger partial charge in [-0.2, -0.15) is 13.6 Å². The molecule has 0 spiro atoms. The van der Waals surface area contributed by atoms with E-state index in [0.29, 0.717) is 0 Å². The number of aliphatic hydroxyl groups excluding tert-OH is 1. The highest BCUT2D eigenvalue weighted by Crippen LogP contribution is 2.66. The van der Waals surface area contributed by atoms with Crippen LogP contribution in [0.3, 0.4) is 0 Å². The van der Waals surface area contributed by atoms with Gasteiger partial charge in [-0.25, -0.2) is 13.7 Å². The summed E-state index contributed by atoms with van der Waals surface area (Å²) < 4.78 is 52.2. The molecule has 0 bridgehead atoms. The van der Waals surface area contributed by atoms with E-state index in [1.165, 1.54) is 10.6 Å². The van der Waals surface area contributed by atoms with Gasteiger partial charge in [-0.1, -0.05) is 11.6 Å². The fourth-order valence-corrected chi connectivity index (χ4v) is 6.19. The van der Waals surface area contributed by atoms with Crippen molar-refractivity contribution >= 4 is 52.1 Å². The van der Waals surface area contributed by atoms with Crippen molar-refractivity contribution < 1.29 is 56.3 Å². The van der Waals surface area contributed by atoms with Crippen LogP contribution >= 0.6 is 35.1 Å². The first-order valence-electron chi connectivity index (χ1n) is 8.25. The van der Waals surface area contributed by atoms with Crippen molar-refractivity contribution in [2.24, 2.45) is 0 Å². The number of hydrogen-bond donors (Lipinski definition) is 7. The van der Waals surface area contributed by atoms with Gasteiger partial charge in [0.25, 0.3) is 5.56 Å². The lowest BCUT2D eigenvalue weighted by Crippen LogP contribution is -2.26. The van der Waals surface area contributed by atoms with E-state index in [1.54, 1.807) is 0 Å². The predicted octanol–water partition coefficient (Wildman–Crippen LogP) is -0.0481. The summed E-state index contributed by atoms with van der Waals surface area (Å²) >= 11 is 6.14. The van der Waals surface area contributed by atoms with Crippen molar-refractivity contribution in [3.05, 3.63) is 21.6 Å². The van der Waals surface area contributed by atoms with Gasteiger partial charge in [-0.05, 0) is 6.07 Å². The number of nitrogen functional groups attached to an aromatic ring is 1. The zero-order chi connectivity index (χ0) is 24.1. The number of aromatic amines is 1. The molecule has 32 heavy (non-hydrogen) atoms. The molecule has 180 valence electrons. The largest absolute Gasteiger partial charge is 0.490 e. The molecule has 0 radical (unpaired) electrons. The first-order valence-corrected chi connectivity index (χ1v) is 13.1. The number of halogens is 1. The molecule has 2 aromatic heterocycles. The number of phosphoric acid groups is 3. The highest BCUT2D eigenvalue weighted by Gasteiger charge is 2.43. The van der Waals surface area contributed by atoms with Crippen LogP contribution in [0.2, 0.25) is 5.15 Å². The van der Waals surface area contributed by atoms with E-state index in [2.05, 4.69) is 23.1 Å². The van der Waals surface area contributed by atoms with E-state index in [1.807, 2.05) is 0 Å². The minimum Gasteiger partial charge on any atom is -0.390 e. The van der Waals surface area contributed by atoms with Crippen LogP contribution in [0, 0.1) is 0 Å². The molecule has 21 heteroatoms. The van der Waals surface area contributed by atoms with Crippen molar-refractivity contribution in [2.75, 3.05) is 12.3 Å². The number of anilines is 1. The predicted molar refractivity (Wildman–Crippen MR) is 104 cm³/mol. The maximum Gasteiger partial charge on any atom is 0.490 e. The molecular formula is C11H16ClN4O13P3. The summed E-state index contributed by atoms with van der Waals surface area (Å²) in [6.45, 7) is -0.867. The number of fused-ring (bicyclic) bond motifs is 1. The highest BCUT2D eigenvalue weighted by atomic mass is 35.5. The molecule has 2 aromatic rings. The molecule has 0 saturated carbocycles. The third-order valence-corrected chi connectivity index (χ3v) is 8.08. The Balaban J connectivity index is 1.71. The highest BCUT2D eigenvalue weighted by molar-refractivity contribution is 7.66. The number of hydrogen-bond acceptors (Lipinski definition) is 11. The Labute approximate surface area is 182 Å². The Morgan fingerprint density at radius 1 is 1.25 bits per heavy atom. The van der Waals surface area contributed by atoms with Crippen molar-refractivity contribution in [3.63, 3.8) is 0 Å². The van der Waals surface area contributed by atoms with Crippen LogP contribution in [0.4, 0.5) is 5.95 Å². The van der Waals surface area contributed by atoms with Gasteiger partial charge in [-0.15, -0.1) is 0 Å². The first-order chi connectivity index (χ1) is 14.6. The smallest absolute Gasteiger partial charge is 0.390 e. The summed E-state index contributed by atoms with van der Waals surface area (Å²) in [6, 6.07) is 1.29. The van der Waals surface area contributed by atoms with Crippen LogP contribution in [0.15, 0.2) is 10.9 Å². The fourth-order valence-electron chi connectivity index (χ4n) is 2.86. The molecule has 3 unspecified atom stereocenters. The van der Waals surface area contributed by atoms with Gasteiger partial charge in [0.15, 0.2) is 5.65 Å². The van der Waals surface area contributed by atoms with E-state index < -0.39 is 54.1 Å². The molecular weight excluding hydrogens is 525 g/mol. The number of nitrogens with zero attached hydrogens (tertiary/aromatic N) is 2. The lowest BCUT2D eigenvalue weighted by Gasteiger charge is -2.19. The third-order valence-electron chi connectivity index (χ3n) is 3.99. The number of phosphoric ester groups is 1. The lowest BCUT2D eigenvalue weighted by atomic mass is 10.2. The van der Waals surface area contributed by atoms with Gasteiger partial charge in [0.2, 0.25) is 5.95 Å². The van der Waals surface area contributed by atoms with Gasteiger partial charge in [-0.3, -0.25) is 18.9 Å². The number of aliphatic hydroxyl groups is 1. The second kappa shape index (κ2) is 8.89. The monoisotopic (exact) mass is 540 g/mol. The molecule has 3 rings (SSSR count). The summed E-state index contributed by atoms with van der Waals surface area (Å²) in [5, 5.41) is 10.3. The van der Waals surface area contributed by atoms with E-state index in [9.17, 15) is 28.5 Å². The van der Waals surface area contributed by atoms with Crippen molar-refractivity contribution in [2.45, 2.75) is 24.9 Å². The van der Waals surface area contributed by atoms with Crippen LogP contribution in [0.5, 0.6) is 0 Å². The van der Waals surface area contributed by atoms with Crippen LogP contribution in [-0.2, 0) is 31.6 Å². The molecule has 1 saturated heterocycles. The molecule has 5 atom stereocenters. The second-order valence-corrected chi connectivity index (χ2v) is 11.2. The number of aromatic nitrogens is 3. The molecule has 1 fully saturated rings. The van der Waals surface area contributed by atoms with Crippen molar-refractivity contribution in [1.82, 2.24) is 14.5 Å². The van der Waals surface area contributed by atoms with Crippen LogP contribution in [0.1, 0.15) is 12.6 Å².